The zero-order chi connectivity index (χ0) is 13.8. The molecule has 0 saturated carbocycles. The summed E-state index contributed by atoms with van der Waals surface area (Å²) in [7, 11) is 0. The maximum atomic E-state index is 5.68. The first-order valence-corrected chi connectivity index (χ1v) is 6.60. The van der Waals surface area contributed by atoms with Gasteiger partial charge in [0.25, 0.3) is 0 Å². The lowest BCUT2D eigenvalue weighted by Gasteiger charge is -2.01. The normalized spacial score (nSPS) is 10.6. The number of nitrogen functional groups attached to an aromatic ring is 1. The fourth-order valence-electron chi connectivity index (χ4n) is 2.06. The summed E-state index contributed by atoms with van der Waals surface area (Å²) in [5.41, 5.74) is 8.71. The number of hydrogen-bond donors (Lipinski definition) is 1. The Kier molecular flexibility index (Phi) is 3.46. The van der Waals surface area contributed by atoms with Crippen LogP contribution in [0.1, 0.15) is 5.56 Å². The fourth-order valence-corrected chi connectivity index (χ4v) is 2.06. The van der Waals surface area contributed by atoms with Crippen molar-refractivity contribution in [3.63, 3.8) is 0 Å². The van der Waals surface area contributed by atoms with Crippen LogP contribution in [0, 0.1) is 0 Å². The third-order valence-corrected chi connectivity index (χ3v) is 3.18. The van der Waals surface area contributed by atoms with Crippen molar-refractivity contribution >= 4 is 5.69 Å². The van der Waals surface area contributed by atoms with Crippen LogP contribution in [0.5, 0.6) is 0 Å². The Hall–Kier alpha value is -2.62. The predicted molar refractivity (Wildman–Crippen MR) is 80.0 cm³/mol. The van der Waals surface area contributed by atoms with E-state index in [2.05, 4.69) is 34.3 Å². The molecule has 1 heterocycles. The zero-order valence-corrected chi connectivity index (χ0v) is 11.1. The van der Waals surface area contributed by atoms with Crippen molar-refractivity contribution in [2.24, 2.45) is 0 Å². The number of anilines is 1. The first-order valence-electron chi connectivity index (χ1n) is 6.60. The number of nitrogens with zero attached hydrogens (tertiary/aromatic N) is 3. The van der Waals surface area contributed by atoms with Gasteiger partial charge in [0.2, 0.25) is 0 Å². The molecule has 0 unspecified atom stereocenters. The van der Waals surface area contributed by atoms with E-state index in [0.717, 1.165) is 30.0 Å². The van der Waals surface area contributed by atoms with Crippen molar-refractivity contribution in [1.82, 2.24) is 14.8 Å². The largest absolute Gasteiger partial charge is 0.399 e. The molecule has 0 fully saturated rings. The van der Waals surface area contributed by atoms with Crippen LogP contribution in [-0.4, -0.2) is 14.8 Å². The molecule has 4 heteroatoms. The van der Waals surface area contributed by atoms with Gasteiger partial charge in [0.1, 0.15) is 6.33 Å². The minimum atomic E-state index is 0.734. The molecule has 3 aromatic rings. The Bertz CT molecular complexity index is 671. The number of nitrogens with two attached hydrogens (primary N) is 1. The number of aryl methyl sites for hydroxylation is 2. The summed E-state index contributed by atoms with van der Waals surface area (Å²) in [4.78, 5) is 4.34. The Balaban J connectivity index is 1.69. The molecule has 0 radical (unpaired) electrons. The summed E-state index contributed by atoms with van der Waals surface area (Å²) in [6.07, 6.45) is 2.72. The van der Waals surface area contributed by atoms with Gasteiger partial charge in [-0.05, 0) is 36.2 Å². The van der Waals surface area contributed by atoms with Gasteiger partial charge in [-0.25, -0.2) is 4.98 Å². The van der Waals surface area contributed by atoms with E-state index in [9.17, 15) is 0 Å². The summed E-state index contributed by atoms with van der Waals surface area (Å²) < 4.78 is 1.87. The van der Waals surface area contributed by atoms with Crippen LogP contribution >= 0.6 is 0 Å². The number of hydrogen-bond acceptors (Lipinski definition) is 3. The van der Waals surface area contributed by atoms with E-state index in [1.807, 2.05) is 35.0 Å². The SMILES string of the molecule is Nc1ccc(-c2ncn(CCc3ccccc3)n2)cc1. The summed E-state index contributed by atoms with van der Waals surface area (Å²) in [5, 5.41) is 4.49. The molecular weight excluding hydrogens is 248 g/mol. The third kappa shape index (κ3) is 2.85. The molecule has 0 spiro atoms. The monoisotopic (exact) mass is 264 g/mol. The van der Waals surface area contributed by atoms with Gasteiger partial charge in [-0.3, -0.25) is 4.68 Å². The maximum absolute atomic E-state index is 5.68. The molecule has 0 atom stereocenters. The van der Waals surface area contributed by atoms with E-state index >= 15 is 0 Å². The lowest BCUT2D eigenvalue weighted by atomic mass is 10.2. The van der Waals surface area contributed by atoms with Gasteiger partial charge in [0.15, 0.2) is 5.82 Å². The van der Waals surface area contributed by atoms with Gasteiger partial charge in [0, 0.05) is 17.8 Å². The van der Waals surface area contributed by atoms with Crippen LogP contribution in [0.15, 0.2) is 60.9 Å². The number of benzene rings is 2. The van der Waals surface area contributed by atoms with Crippen LogP contribution in [0.3, 0.4) is 0 Å². The molecule has 0 aliphatic heterocycles. The lowest BCUT2D eigenvalue weighted by molar-refractivity contribution is 0.614. The minimum absolute atomic E-state index is 0.734. The molecule has 3 rings (SSSR count). The maximum Gasteiger partial charge on any atom is 0.181 e. The Morgan fingerprint density at radius 3 is 2.45 bits per heavy atom. The predicted octanol–water partition coefficient (Wildman–Crippen LogP) is 2.77. The van der Waals surface area contributed by atoms with Crippen molar-refractivity contribution in [2.75, 3.05) is 5.73 Å². The summed E-state index contributed by atoms with van der Waals surface area (Å²) in [6, 6.07) is 18.0. The molecule has 1 aromatic heterocycles. The van der Waals surface area contributed by atoms with Crippen LogP contribution in [0.25, 0.3) is 11.4 Å². The van der Waals surface area contributed by atoms with E-state index in [-0.39, 0.29) is 0 Å². The van der Waals surface area contributed by atoms with Gasteiger partial charge in [-0.1, -0.05) is 30.3 Å². The highest BCUT2D eigenvalue weighted by molar-refractivity contribution is 5.57. The van der Waals surface area contributed by atoms with Crippen LogP contribution in [0.4, 0.5) is 5.69 Å². The Labute approximate surface area is 117 Å². The zero-order valence-electron chi connectivity index (χ0n) is 11.1. The molecule has 0 aliphatic carbocycles. The van der Waals surface area contributed by atoms with Gasteiger partial charge in [-0.2, -0.15) is 5.10 Å². The van der Waals surface area contributed by atoms with Gasteiger partial charge in [-0.15, -0.1) is 0 Å². The molecular formula is C16H16N4. The highest BCUT2D eigenvalue weighted by atomic mass is 15.3. The molecule has 0 amide bonds. The second kappa shape index (κ2) is 5.57. The molecule has 0 saturated heterocycles. The second-order valence-electron chi connectivity index (χ2n) is 4.69. The van der Waals surface area contributed by atoms with Crippen molar-refractivity contribution in [2.45, 2.75) is 13.0 Å². The molecule has 100 valence electrons. The van der Waals surface area contributed by atoms with Crippen molar-refractivity contribution in [3.05, 3.63) is 66.5 Å². The molecule has 0 bridgehead atoms. The summed E-state index contributed by atoms with van der Waals surface area (Å²) >= 11 is 0. The van der Waals surface area contributed by atoms with Crippen LogP contribution in [0.2, 0.25) is 0 Å². The highest BCUT2D eigenvalue weighted by Gasteiger charge is 2.04. The van der Waals surface area contributed by atoms with Crippen LogP contribution < -0.4 is 5.73 Å². The average molecular weight is 264 g/mol. The first-order chi connectivity index (χ1) is 9.81. The molecule has 0 aliphatic rings. The van der Waals surface area contributed by atoms with Gasteiger partial charge >= 0.3 is 0 Å². The smallest absolute Gasteiger partial charge is 0.181 e. The van der Waals surface area contributed by atoms with Crippen molar-refractivity contribution in [3.8, 4) is 11.4 Å². The first kappa shape index (κ1) is 12.4. The second-order valence-corrected chi connectivity index (χ2v) is 4.69. The highest BCUT2D eigenvalue weighted by Crippen LogP contribution is 2.16. The third-order valence-electron chi connectivity index (χ3n) is 3.18. The van der Waals surface area contributed by atoms with Crippen LogP contribution in [-0.2, 0) is 13.0 Å². The van der Waals surface area contributed by atoms with E-state index in [1.54, 1.807) is 6.33 Å². The van der Waals surface area contributed by atoms with E-state index in [1.165, 1.54) is 5.56 Å². The molecule has 20 heavy (non-hydrogen) atoms. The standard InChI is InChI=1S/C16H16N4/c17-15-8-6-14(7-9-15)16-18-12-20(19-16)11-10-13-4-2-1-3-5-13/h1-9,12H,10-11,17H2. The van der Waals surface area contributed by atoms with E-state index in [4.69, 9.17) is 5.73 Å². The Morgan fingerprint density at radius 1 is 0.950 bits per heavy atom. The fraction of sp³-hybridized carbons (Fsp3) is 0.125. The number of rotatable bonds is 4. The van der Waals surface area contributed by atoms with E-state index < -0.39 is 0 Å². The minimum Gasteiger partial charge on any atom is -0.399 e. The summed E-state index contributed by atoms with van der Waals surface area (Å²) in [5.74, 6) is 0.734. The van der Waals surface area contributed by atoms with Crippen molar-refractivity contribution in [1.29, 1.82) is 0 Å². The average Bonchev–Trinajstić information content (AvgIpc) is 2.96. The Morgan fingerprint density at radius 2 is 1.70 bits per heavy atom. The van der Waals surface area contributed by atoms with E-state index in [0.29, 0.717) is 0 Å². The molecule has 2 aromatic carbocycles. The van der Waals surface area contributed by atoms with Gasteiger partial charge in [0.05, 0.1) is 0 Å². The van der Waals surface area contributed by atoms with Gasteiger partial charge < -0.3 is 5.73 Å². The lowest BCUT2D eigenvalue weighted by Crippen LogP contribution is -2.01. The topological polar surface area (TPSA) is 56.7 Å². The molecule has 4 nitrogen and oxygen atoms in total. The molecule has 2 N–H and O–H groups in total. The quantitative estimate of drug-likeness (QED) is 0.737. The number of aromatic nitrogens is 3. The van der Waals surface area contributed by atoms with Crippen molar-refractivity contribution < 1.29 is 0 Å². The summed E-state index contributed by atoms with van der Waals surface area (Å²) in [6.45, 7) is 0.825.